The Labute approximate surface area is 180 Å². The number of fused-ring (bicyclic) bond motifs is 1. The number of benzene rings is 1. The van der Waals surface area contributed by atoms with Gasteiger partial charge in [0, 0.05) is 32.0 Å². The molecule has 1 amide bonds. The van der Waals surface area contributed by atoms with Gasteiger partial charge >= 0.3 is 0 Å². The van der Waals surface area contributed by atoms with Crippen LogP contribution in [-0.2, 0) is 16.1 Å². The number of anilines is 1. The van der Waals surface area contributed by atoms with Crippen LogP contribution in [0.4, 0.5) is 5.82 Å². The van der Waals surface area contributed by atoms with Crippen molar-refractivity contribution in [1.82, 2.24) is 20.3 Å². The van der Waals surface area contributed by atoms with Crippen LogP contribution >= 0.6 is 11.8 Å². The van der Waals surface area contributed by atoms with E-state index in [1.165, 1.54) is 11.8 Å². The first-order valence-electron chi connectivity index (χ1n) is 10.0. The highest BCUT2D eigenvalue weighted by atomic mass is 32.2. The van der Waals surface area contributed by atoms with E-state index in [0.29, 0.717) is 6.54 Å². The van der Waals surface area contributed by atoms with Gasteiger partial charge in [-0.2, -0.15) is 0 Å². The van der Waals surface area contributed by atoms with Crippen LogP contribution in [0.1, 0.15) is 19.4 Å². The number of amides is 1. The summed E-state index contributed by atoms with van der Waals surface area (Å²) in [6.45, 7) is 6.09. The predicted molar refractivity (Wildman–Crippen MR) is 119 cm³/mol. The number of hydrogen-bond donors (Lipinski definition) is 1. The Morgan fingerprint density at radius 3 is 2.57 bits per heavy atom. The topological polar surface area (TPSA) is 80.2 Å². The fourth-order valence-electron chi connectivity index (χ4n) is 3.52. The number of morpholine rings is 1. The van der Waals surface area contributed by atoms with Crippen LogP contribution in [-0.4, -0.2) is 51.9 Å². The highest BCUT2D eigenvalue weighted by molar-refractivity contribution is 8.00. The number of para-hydroxylation sites is 2. The number of pyridine rings is 1. The molecule has 1 aliphatic rings. The van der Waals surface area contributed by atoms with E-state index in [9.17, 15) is 4.79 Å². The van der Waals surface area contributed by atoms with Crippen molar-refractivity contribution in [1.29, 1.82) is 0 Å². The predicted octanol–water partition coefficient (Wildman–Crippen LogP) is 3.05. The maximum absolute atomic E-state index is 12.4. The van der Waals surface area contributed by atoms with E-state index < -0.39 is 0 Å². The number of nitrogens with zero attached hydrogens (tertiary/aromatic N) is 4. The Balaban J connectivity index is 1.50. The summed E-state index contributed by atoms with van der Waals surface area (Å²) in [6, 6.07) is 11.6. The third kappa shape index (κ3) is 5.06. The molecule has 7 nitrogen and oxygen atoms in total. The minimum atomic E-state index is -0.0477. The Kier molecular flexibility index (Phi) is 6.44. The third-order valence-corrected chi connectivity index (χ3v) is 5.75. The zero-order chi connectivity index (χ0) is 20.9. The molecular weight excluding hydrogens is 398 g/mol. The van der Waals surface area contributed by atoms with Gasteiger partial charge < -0.3 is 15.0 Å². The van der Waals surface area contributed by atoms with E-state index in [1.54, 1.807) is 12.4 Å². The summed E-state index contributed by atoms with van der Waals surface area (Å²) in [4.78, 5) is 28.4. The Bertz CT molecular complexity index is 1010. The second kappa shape index (κ2) is 9.40. The summed E-state index contributed by atoms with van der Waals surface area (Å²) < 4.78 is 5.87. The van der Waals surface area contributed by atoms with Gasteiger partial charge in [-0.25, -0.2) is 9.97 Å². The number of carbonyl (C=O) groups is 1. The molecule has 1 saturated heterocycles. The van der Waals surface area contributed by atoms with Crippen LogP contribution < -0.4 is 10.2 Å². The molecule has 1 aromatic carbocycles. The average molecular weight is 424 g/mol. The second-order valence-electron chi connectivity index (χ2n) is 7.43. The van der Waals surface area contributed by atoms with Gasteiger partial charge in [-0.3, -0.25) is 9.78 Å². The number of hydrogen-bond acceptors (Lipinski definition) is 7. The number of thioether (sulfide) groups is 1. The standard InChI is InChI=1S/C22H25N5O2S/c1-15-12-27(13-16(2)29-15)21-22(26-19-8-4-3-7-18(19)25-21)30-14-20(28)24-11-17-6-5-9-23-10-17/h3-10,15-16H,11-14H2,1-2H3,(H,24,28)/t15-,16-/m1/s1. The monoisotopic (exact) mass is 423 g/mol. The molecule has 8 heteroatoms. The van der Waals surface area contributed by atoms with Crippen molar-refractivity contribution in [3.05, 3.63) is 54.4 Å². The maximum atomic E-state index is 12.4. The molecule has 3 heterocycles. The van der Waals surface area contributed by atoms with Gasteiger partial charge in [0.25, 0.3) is 0 Å². The third-order valence-electron chi connectivity index (χ3n) is 4.79. The van der Waals surface area contributed by atoms with Gasteiger partial charge in [0.05, 0.1) is 29.0 Å². The quantitative estimate of drug-likeness (QED) is 0.611. The van der Waals surface area contributed by atoms with Crippen LogP contribution in [0, 0.1) is 0 Å². The van der Waals surface area contributed by atoms with Crippen molar-refractivity contribution < 1.29 is 9.53 Å². The number of aromatic nitrogens is 3. The van der Waals surface area contributed by atoms with Gasteiger partial charge in [-0.05, 0) is 37.6 Å². The lowest BCUT2D eigenvalue weighted by molar-refractivity contribution is -0.118. The summed E-state index contributed by atoms with van der Waals surface area (Å²) in [5, 5.41) is 3.71. The lowest BCUT2D eigenvalue weighted by Gasteiger charge is -2.36. The van der Waals surface area contributed by atoms with E-state index in [1.807, 2.05) is 36.4 Å². The van der Waals surface area contributed by atoms with Crippen molar-refractivity contribution >= 4 is 34.5 Å². The van der Waals surface area contributed by atoms with Crippen LogP contribution in [0.2, 0.25) is 0 Å². The fraction of sp³-hybridized carbons (Fsp3) is 0.364. The number of nitrogens with one attached hydrogen (secondary N) is 1. The first kappa shape index (κ1) is 20.6. The Hall–Kier alpha value is -2.71. The molecule has 0 radical (unpaired) electrons. The maximum Gasteiger partial charge on any atom is 0.230 e. The first-order chi connectivity index (χ1) is 14.6. The zero-order valence-electron chi connectivity index (χ0n) is 17.1. The van der Waals surface area contributed by atoms with Crippen molar-refractivity contribution in [2.75, 3.05) is 23.7 Å². The summed E-state index contributed by atoms with van der Waals surface area (Å²) in [5.41, 5.74) is 2.65. The molecule has 0 saturated carbocycles. The lowest BCUT2D eigenvalue weighted by atomic mass is 10.2. The van der Waals surface area contributed by atoms with Crippen LogP contribution in [0.5, 0.6) is 0 Å². The summed E-state index contributed by atoms with van der Waals surface area (Å²) in [6.07, 6.45) is 3.69. The molecule has 1 fully saturated rings. The second-order valence-corrected chi connectivity index (χ2v) is 8.39. The van der Waals surface area contributed by atoms with Gasteiger partial charge in [0.2, 0.25) is 5.91 Å². The van der Waals surface area contributed by atoms with Crippen LogP contribution in [0.15, 0.2) is 53.8 Å². The molecule has 3 aromatic rings. The van der Waals surface area contributed by atoms with E-state index in [0.717, 1.165) is 40.5 Å². The molecule has 1 N–H and O–H groups in total. The molecule has 0 unspecified atom stereocenters. The first-order valence-corrected chi connectivity index (χ1v) is 11.0. The molecule has 0 bridgehead atoms. The molecule has 4 rings (SSSR count). The summed E-state index contributed by atoms with van der Waals surface area (Å²) >= 11 is 1.42. The van der Waals surface area contributed by atoms with Gasteiger partial charge in [-0.15, -0.1) is 0 Å². The minimum Gasteiger partial charge on any atom is -0.372 e. The van der Waals surface area contributed by atoms with Crippen LogP contribution in [0.25, 0.3) is 11.0 Å². The van der Waals surface area contributed by atoms with E-state index in [2.05, 4.69) is 29.0 Å². The van der Waals surface area contributed by atoms with Crippen molar-refractivity contribution in [3.8, 4) is 0 Å². The Morgan fingerprint density at radius 2 is 1.87 bits per heavy atom. The summed E-state index contributed by atoms with van der Waals surface area (Å²) in [7, 11) is 0. The smallest absolute Gasteiger partial charge is 0.230 e. The summed E-state index contributed by atoms with van der Waals surface area (Å²) in [5.74, 6) is 1.05. The number of rotatable bonds is 6. The molecule has 2 aromatic heterocycles. The van der Waals surface area contributed by atoms with E-state index in [4.69, 9.17) is 14.7 Å². The van der Waals surface area contributed by atoms with Gasteiger partial charge in [-0.1, -0.05) is 30.0 Å². The molecule has 156 valence electrons. The van der Waals surface area contributed by atoms with E-state index in [-0.39, 0.29) is 23.9 Å². The van der Waals surface area contributed by atoms with E-state index >= 15 is 0 Å². The fourth-order valence-corrected chi connectivity index (χ4v) is 4.35. The van der Waals surface area contributed by atoms with Crippen molar-refractivity contribution in [3.63, 3.8) is 0 Å². The molecular formula is C22H25N5O2S. The zero-order valence-corrected chi connectivity index (χ0v) is 17.9. The minimum absolute atomic E-state index is 0.0477. The number of ether oxygens (including phenoxy) is 1. The van der Waals surface area contributed by atoms with Gasteiger partial charge in [0.15, 0.2) is 5.82 Å². The SMILES string of the molecule is C[C@@H]1CN(c2nc3ccccc3nc2SCC(=O)NCc2cccnc2)C[C@@H](C)O1. The van der Waals surface area contributed by atoms with Gasteiger partial charge in [0.1, 0.15) is 5.03 Å². The average Bonchev–Trinajstić information content (AvgIpc) is 2.75. The molecule has 0 aliphatic carbocycles. The largest absolute Gasteiger partial charge is 0.372 e. The number of carbonyl (C=O) groups excluding carboxylic acids is 1. The van der Waals surface area contributed by atoms with Crippen molar-refractivity contribution in [2.24, 2.45) is 0 Å². The van der Waals surface area contributed by atoms with Crippen molar-refractivity contribution in [2.45, 2.75) is 37.6 Å². The van der Waals surface area contributed by atoms with Crippen LogP contribution in [0.3, 0.4) is 0 Å². The highest BCUT2D eigenvalue weighted by Gasteiger charge is 2.26. The molecule has 30 heavy (non-hydrogen) atoms. The lowest BCUT2D eigenvalue weighted by Crippen LogP contribution is -2.46. The highest BCUT2D eigenvalue weighted by Crippen LogP contribution is 2.30. The molecule has 0 spiro atoms. The molecule has 1 aliphatic heterocycles. The Morgan fingerprint density at radius 1 is 1.13 bits per heavy atom. The molecule has 2 atom stereocenters. The normalized spacial score (nSPS) is 19.1.